The van der Waals surface area contributed by atoms with Gasteiger partial charge in [-0.15, -0.1) is 11.6 Å². The van der Waals surface area contributed by atoms with Crippen LogP contribution < -0.4 is 5.32 Å². The fourth-order valence-corrected chi connectivity index (χ4v) is 1.94. The average Bonchev–Trinajstić information content (AvgIpc) is 2.36. The van der Waals surface area contributed by atoms with Gasteiger partial charge in [0.1, 0.15) is 0 Å². The molecular formula is C15H22ClNO. The molecule has 0 fully saturated rings. The molecule has 1 amide bonds. The summed E-state index contributed by atoms with van der Waals surface area (Å²) in [6, 6.07) is 8.09. The van der Waals surface area contributed by atoms with Crippen LogP contribution in [0, 0.1) is 6.92 Å². The Morgan fingerprint density at radius 2 is 1.78 bits per heavy atom. The van der Waals surface area contributed by atoms with E-state index in [1.807, 2.05) is 31.2 Å². The number of aryl methyl sites for hydroxylation is 1. The van der Waals surface area contributed by atoms with Gasteiger partial charge in [-0.2, -0.15) is 0 Å². The minimum atomic E-state index is 0.108. The Bertz CT molecular complexity index is 348. The third-order valence-electron chi connectivity index (χ3n) is 2.87. The van der Waals surface area contributed by atoms with Crippen molar-refractivity contribution in [2.45, 2.75) is 39.0 Å². The SMILES string of the molecule is Cc1ccc(CC(=O)NCCCCCCCl)cc1. The van der Waals surface area contributed by atoms with Crippen molar-refractivity contribution in [1.82, 2.24) is 5.32 Å². The van der Waals surface area contributed by atoms with Gasteiger partial charge in [-0.05, 0) is 25.3 Å². The molecule has 0 heterocycles. The van der Waals surface area contributed by atoms with E-state index in [2.05, 4.69) is 5.32 Å². The number of rotatable bonds is 8. The first kappa shape index (κ1) is 15.0. The number of halogens is 1. The minimum Gasteiger partial charge on any atom is -0.356 e. The van der Waals surface area contributed by atoms with Gasteiger partial charge in [-0.1, -0.05) is 42.7 Å². The van der Waals surface area contributed by atoms with E-state index in [9.17, 15) is 4.79 Å². The van der Waals surface area contributed by atoms with Crippen molar-refractivity contribution >= 4 is 17.5 Å². The van der Waals surface area contributed by atoms with Gasteiger partial charge in [0.2, 0.25) is 5.91 Å². The smallest absolute Gasteiger partial charge is 0.224 e. The Morgan fingerprint density at radius 1 is 1.11 bits per heavy atom. The second-order valence-electron chi connectivity index (χ2n) is 4.62. The first-order valence-electron chi connectivity index (χ1n) is 6.60. The first-order valence-corrected chi connectivity index (χ1v) is 7.14. The summed E-state index contributed by atoms with van der Waals surface area (Å²) in [5, 5.41) is 2.95. The number of carbonyl (C=O) groups excluding carboxylic acids is 1. The molecule has 0 saturated heterocycles. The lowest BCUT2D eigenvalue weighted by atomic mass is 10.1. The number of hydrogen-bond donors (Lipinski definition) is 1. The average molecular weight is 268 g/mol. The summed E-state index contributed by atoms with van der Waals surface area (Å²) >= 11 is 5.60. The number of alkyl halides is 1. The fourth-order valence-electron chi connectivity index (χ4n) is 1.75. The van der Waals surface area contributed by atoms with Gasteiger partial charge in [-0.3, -0.25) is 4.79 Å². The van der Waals surface area contributed by atoms with Crippen LogP contribution in [-0.2, 0) is 11.2 Å². The van der Waals surface area contributed by atoms with E-state index in [-0.39, 0.29) is 5.91 Å². The summed E-state index contributed by atoms with van der Waals surface area (Å²) in [6.45, 7) is 2.82. The molecule has 0 atom stereocenters. The van der Waals surface area contributed by atoms with Crippen molar-refractivity contribution < 1.29 is 4.79 Å². The normalized spacial score (nSPS) is 10.3. The molecule has 0 spiro atoms. The Morgan fingerprint density at radius 3 is 2.44 bits per heavy atom. The van der Waals surface area contributed by atoms with Crippen LogP contribution >= 0.6 is 11.6 Å². The van der Waals surface area contributed by atoms with E-state index in [0.717, 1.165) is 43.7 Å². The van der Waals surface area contributed by atoms with Gasteiger partial charge >= 0.3 is 0 Å². The van der Waals surface area contributed by atoms with Crippen LogP contribution in [0.25, 0.3) is 0 Å². The lowest BCUT2D eigenvalue weighted by Gasteiger charge is -2.05. The fraction of sp³-hybridized carbons (Fsp3) is 0.533. The molecule has 0 aliphatic heterocycles. The predicted molar refractivity (Wildman–Crippen MR) is 77.1 cm³/mol. The molecule has 18 heavy (non-hydrogen) atoms. The number of nitrogens with one attached hydrogen (secondary N) is 1. The highest BCUT2D eigenvalue weighted by atomic mass is 35.5. The van der Waals surface area contributed by atoms with E-state index in [0.29, 0.717) is 6.42 Å². The Labute approximate surface area is 115 Å². The number of hydrogen-bond acceptors (Lipinski definition) is 1. The minimum absolute atomic E-state index is 0.108. The Hall–Kier alpha value is -1.02. The van der Waals surface area contributed by atoms with Crippen LogP contribution in [-0.4, -0.2) is 18.3 Å². The largest absolute Gasteiger partial charge is 0.356 e. The molecule has 0 bridgehead atoms. The molecule has 0 unspecified atom stereocenters. The van der Waals surface area contributed by atoms with Crippen LogP contribution in [0.3, 0.4) is 0 Å². The van der Waals surface area contributed by atoms with E-state index in [1.165, 1.54) is 5.56 Å². The Kier molecular flexibility index (Phi) is 7.51. The van der Waals surface area contributed by atoms with E-state index < -0.39 is 0 Å². The van der Waals surface area contributed by atoms with Gasteiger partial charge in [0, 0.05) is 12.4 Å². The van der Waals surface area contributed by atoms with Crippen LogP contribution in [0.4, 0.5) is 0 Å². The van der Waals surface area contributed by atoms with Crippen molar-refractivity contribution in [2.75, 3.05) is 12.4 Å². The molecule has 2 nitrogen and oxygen atoms in total. The highest BCUT2D eigenvalue weighted by molar-refractivity contribution is 6.17. The number of amides is 1. The summed E-state index contributed by atoms with van der Waals surface area (Å²) in [6.07, 6.45) is 4.87. The lowest BCUT2D eigenvalue weighted by molar-refractivity contribution is -0.120. The summed E-state index contributed by atoms with van der Waals surface area (Å²) < 4.78 is 0. The van der Waals surface area contributed by atoms with E-state index >= 15 is 0 Å². The summed E-state index contributed by atoms with van der Waals surface area (Å²) in [5.41, 5.74) is 2.29. The topological polar surface area (TPSA) is 29.1 Å². The van der Waals surface area contributed by atoms with Crippen LogP contribution in [0.1, 0.15) is 36.8 Å². The lowest BCUT2D eigenvalue weighted by Crippen LogP contribution is -2.26. The molecule has 1 aromatic carbocycles. The van der Waals surface area contributed by atoms with Gasteiger partial charge in [-0.25, -0.2) is 0 Å². The van der Waals surface area contributed by atoms with Crippen LogP contribution in [0.15, 0.2) is 24.3 Å². The van der Waals surface area contributed by atoms with Crippen molar-refractivity contribution in [2.24, 2.45) is 0 Å². The van der Waals surface area contributed by atoms with Gasteiger partial charge < -0.3 is 5.32 Å². The molecule has 0 saturated carbocycles. The molecule has 3 heteroatoms. The molecular weight excluding hydrogens is 246 g/mol. The first-order chi connectivity index (χ1) is 8.72. The second-order valence-corrected chi connectivity index (χ2v) is 4.99. The molecule has 100 valence electrons. The zero-order valence-electron chi connectivity index (χ0n) is 11.0. The summed E-state index contributed by atoms with van der Waals surface area (Å²) in [5.74, 6) is 0.843. The highest BCUT2D eigenvalue weighted by Gasteiger charge is 2.02. The number of unbranched alkanes of at least 4 members (excludes halogenated alkanes) is 3. The standard InChI is InChI=1S/C15H22ClNO/c1-13-6-8-14(9-7-13)12-15(18)17-11-5-3-2-4-10-16/h6-9H,2-5,10-12H2,1H3,(H,17,18). The van der Waals surface area contributed by atoms with Crippen molar-refractivity contribution in [3.05, 3.63) is 35.4 Å². The monoisotopic (exact) mass is 267 g/mol. The number of benzene rings is 1. The number of carbonyl (C=O) groups is 1. The van der Waals surface area contributed by atoms with Crippen molar-refractivity contribution in [3.63, 3.8) is 0 Å². The zero-order valence-corrected chi connectivity index (χ0v) is 11.8. The quantitative estimate of drug-likeness (QED) is 0.567. The molecule has 1 rings (SSSR count). The predicted octanol–water partition coefficient (Wildman–Crippen LogP) is 3.45. The highest BCUT2D eigenvalue weighted by Crippen LogP contribution is 2.04. The molecule has 0 aromatic heterocycles. The van der Waals surface area contributed by atoms with Crippen molar-refractivity contribution in [3.8, 4) is 0 Å². The van der Waals surface area contributed by atoms with Gasteiger partial charge in [0.05, 0.1) is 6.42 Å². The zero-order chi connectivity index (χ0) is 13.2. The maximum absolute atomic E-state index is 11.7. The Balaban J connectivity index is 2.12. The van der Waals surface area contributed by atoms with Gasteiger partial charge in [0.15, 0.2) is 0 Å². The van der Waals surface area contributed by atoms with E-state index in [4.69, 9.17) is 11.6 Å². The maximum atomic E-state index is 11.7. The third kappa shape index (κ3) is 6.65. The van der Waals surface area contributed by atoms with Crippen molar-refractivity contribution in [1.29, 1.82) is 0 Å². The summed E-state index contributed by atoms with van der Waals surface area (Å²) in [4.78, 5) is 11.7. The van der Waals surface area contributed by atoms with E-state index in [1.54, 1.807) is 0 Å². The molecule has 0 radical (unpaired) electrons. The van der Waals surface area contributed by atoms with Gasteiger partial charge in [0.25, 0.3) is 0 Å². The molecule has 0 aliphatic carbocycles. The second kappa shape index (κ2) is 8.98. The third-order valence-corrected chi connectivity index (χ3v) is 3.14. The van der Waals surface area contributed by atoms with Crippen LogP contribution in [0.5, 0.6) is 0 Å². The molecule has 0 aliphatic rings. The molecule has 1 N–H and O–H groups in total. The van der Waals surface area contributed by atoms with Crippen LogP contribution in [0.2, 0.25) is 0 Å². The maximum Gasteiger partial charge on any atom is 0.224 e. The summed E-state index contributed by atoms with van der Waals surface area (Å²) in [7, 11) is 0. The molecule has 1 aromatic rings.